The van der Waals surface area contributed by atoms with Crippen molar-refractivity contribution in [3.8, 4) is 16.9 Å². The van der Waals surface area contributed by atoms with Crippen molar-refractivity contribution in [2.45, 2.75) is 18.5 Å². The summed E-state index contributed by atoms with van der Waals surface area (Å²) in [5.74, 6) is -5.45. The number of nitrogens with two attached hydrogens (primary N) is 1. The Balaban J connectivity index is 0.000000572. The summed E-state index contributed by atoms with van der Waals surface area (Å²) in [5.41, 5.74) is 5.47. The highest BCUT2D eigenvalue weighted by Crippen LogP contribution is 2.44. The van der Waals surface area contributed by atoms with Crippen molar-refractivity contribution < 1.29 is 60.4 Å². The van der Waals surface area contributed by atoms with E-state index in [1.54, 1.807) is 0 Å². The van der Waals surface area contributed by atoms with Gasteiger partial charge in [0.1, 0.15) is 5.75 Å². The van der Waals surface area contributed by atoms with Gasteiger partial charge in [-0.2, -0.15) is 26.3 Å². The molecule has 1 atom stereocenters. The number of carboxylic acid groups (broad SMARTS) is 2. The van der Waals surface area contributed by atoms with Crippen molar-refractivity contribution in [2.75, 3.05) is 12.8 Å². The Morgan fingerprint density at radius 3 is 2.08 bits per heavy atom. The van der Waals surface area contributed by atoms with Gasteiger partial charge < -0.3 is 25.4 Å². The van der Waals surface area contributed by atoms with E-state index >= 15 is 0 Å². The largest absolute Gasteiger partial charge is 0.490 e. The van der Waals surface area contributed by atoms with E-state index in [0.717, 1.165) is 6.08 Å². The molecule has 8 nitrogen and oxygen atoms in total. The number of carboxylic acids is 2. The van der Waals surface area contributed by atoms with Crippen LogP contribution in [0.3, 0.4) is 0 Å². The number of hydrogen-bond donors (Lipinski definition) is 3. The van der Waals surface area contributed by atoms with Gasteiger partial charge in [-0.1, -0.05) is 11.6 Å². The van der Waals surface area contributed by atoms with Crippen LogP contribution in [0.5, 0.6) is 5.75 Å². The lowest BCUT2D eigenvalue weighted by molar-refractivity contribution is -0.192. The maximum Gasteiger partial charge on any atom is 0.490 e. The number of hydrogen-bond acceptors (Lipinski definition) is 6. The molecule has 194 valence electrons. The number of alkyl halides is 6. The van der Waals surface area contributed by atoms with Crippen LogP contribution in [0.4, 0.5) is 32.0 Å². The molecule has 3 rings (SSSR count). The zero-order valence-electron chi connectivity index (χ0n) is 17.7. The molecule has 1 heterocycles. The highest BCUT2D eigenvalue weighted by Gasteiger charge is 2.49. The summed E-state index contributed by atoms with van der Waals surface area (Å²) in [7, 11) is 1.17. The molecule has 1 unspecified atom stereocenters. The van der Waals surface area contributed by atoms with Gasteiger partial charge in [0.05, 0.1) is 18.2 Å². The average Bonchev–Trinajstić information content (AvgIpc) is 2.75. The number of fused-ring (bicyclic) bond motifs is 1. The predicted molar refractivity (Wildman–Crippen MR) is 112 cm³/mol. The van der Waals surface area contributed by atoms with Crippen LogP contribution < -0.4 is 10.5 Å². The Labute approximate surface area is 202 Å². The second-order valence-corrected chi connectivity index (χ2v) is 7.39. The van der Waals surface area contributed by atoms with Crippen LogP contribution in [0.25, 0.3) is 17.2 Å². The number of rotatable bonds is 3. The first-order valence-electron chi connectivity index (χ1n) is 9.26. The fourth-order valence-electron chi connectivity index (χ4n) is 2.95. The molecule has 36 heavy (non-hydrogen) atoms. The third-order valence-corrected chi connectivity index (χ3v) is 4.60. The normalized spacial score (nSPS) is 14.9. The Bertz CT molecular complexity index is 1240. The van der Waals surface area contributed by atoms with Gasteiger partial charge in [-0.05, 0) is 42.0 Å². The monoisotopic (exact) mass is 541 g/mol. The number of anilines is 1. The summed E-state index contributed by atoms with van der Waals surface area (Å²) in [6.07, 6.45) is -11.9. The third-order valence-electron chi connectivity index (χ3n) is 4.39. The molecule has 0 amide bonds. The van der Waals surface area contributed by atoms with Crippen LogP contribution >= 0.6 is 11.6 Å². The van der Waals surface area contributed by atoms with Crippen molar-refractivity contribution in [1.29, 1.82) is 0 Å². The second kappa shape index (κ2) is 10.4. The molecule has 0 radical (unpaired) electrons. The molecule has 0 aromatic heterocycles. The van der Waals surface area contributed by atoms with E-state index in [9.17, 15) is 35.9 Å². The minimum Gasteiger partial charge on any atom is -0.478 e. The molecule has 0 aliphatic carbocycles. The van der Waals surface area contributed by atoms with E-state index < -0.39 is 41.9 Å². The number of carbonyl (C=O) groups excluding carboxylic acids is 1. The third kappa shape index (κ3) is 6.59. The van der Waals surface area contributed by atoms with Crippen molar-refractivity contribution >= 4 is 41.3 Å². The summed E-state index contributed by atoms with van der Waals surface area (Å²) < 4.78 is 81.7. The highest BCUT2D eigenvalue weighted by molar-refractivity contribution is 6.31. The van der Waals surface area contributed by atoms with Crippen molar-refractivity contribution in [3.05, 3.63) is 52.1 Å². The number of halogens is 7. The molecule has 15 heteroatoms. The van der Waals surface area contributed by atoms with Crippen LogP contribution in [-0.2, 0) is 14.3 Å². The molecule has 0 spiro atoms. The van der Waals surface area contributed by atoms with Gasteiger partial charge in [-0.25, -0.2) is 14.4 Å². The fraction of sp³-hybridized carbons (Fsp3) is 0.190. The summed E-state index contributed by atoms with van der Waals surface area (Å²) in [6, 6.07) is 6.73. The van der Waals surface area contributed by atoms with Gasteiger partial charge in [0.2, 0.25) is 6.10 Å². The molecule has 0 saturated heterocycles. The number of benzene rings is 2. The standard InChI is InChI=1S/C19H13ClF3NO5.C2HF3O2/c1-28-18(27)10-2-8(4-12(24)5-10)13-7-11(20)3-9-6-14(17(25)26)16(19(21,22)23)29-15(9)13;3-2(4,5)1(6)7/h2-7,16H,24H2,1H3,(H,25,26);(H,6,7). The first kappa shape index (κ1) is 28.3. The summed E-state index contributed by atoms with van der Waals surface area (Å²) in [6.45, 7) is 0. The number of esters is 1. The number of methoxy groups -OCH3 is 1. The molecular weight excluding hydrogens is 528 g/mol. The lowest BCUT2D eigenvalue weighted by Gasteiger charge is -2.28. The molecule has 0 saturated carbocycles. The molecule has 0 bridgehead atoms. The Morgan fingerprint density at radius 2 is 1.61 bits per heavy atom. The molecule has 4 N–H and O–H groups in total. The maximum absolute atomic E-state index is 13.4. The Hall–Kier alpha value is -3.94. The zero-order valence-corrected chi connectivity index (χ0v) is 18.5. The van der Waals surface area contributed by atoms with E-state index in [-0.39, 0.29) is 38.7 Å². The molecule has 2 aromatic carbocycles. The number of carbonyl (C=O) groups is 3. The van der Waals surface area contributed by atoms with Gasteiger partial charge in [-0.3, -0.25) is 0 Å². The van der Waals surface area contributed by atoms with Gasteiger partial charge in [-0.15, -0.1) is 0 Å². The first-order chi connectivity index (χ1) is 16.4. The van der Waals surface area contributed by atoms with Crippen LogP contribution in [0.2, 0.25) is 5.02 Å². The smallest absolute Gasteiger partial charge is 0.478 e. The first-order valence-corrected chi connectivity index (χ1v) is 9.64. The zero-order chi connectivity index (χ0) is 27.6. The average molecular weight is 542 g/mol. The summed E-state index contributed by atoms with van der Waals surface area (Å²) in [4.78, 5) is 32.1. The molecule has 1 aliphatic heterocycles. The van der Waals surface area contributed by atoms with Crippen molar-refractivity contribution in [3.63, 3.8) is 0 Å². The second-order valence-electron chi connectivity index (χ2n) is 6.95. The molecule has 0 fully saturated rings. The van der Waals surface area contributed by atoms with Crippen LogP contribution in [0.15, 0.2) is 35.9 Å². The van der Waals surface area contributed by atoms with Gasteiger partial charge >= 0.3 is 30.3 Å². The van der Waals surface area contributed by atoms with Gasteiger partial charge in [0.25, 0.3) is 0 Å². The van der Waals surface area contributed by atoms with E-state index in [2.05, 4.69) is 4.74 Å². The minimum atomic E-state index is -5.08. The quantitative estimate of drug-likeness (QED) is 0.286. The van der Waals surface area contributed by atoms with E-state index in [1.165, 1.54) is 37.4 Å². The van der Waals surface area contributed by atoms with Crippen molar-refractivity contribution in [1.82, 2.24) is 0 Å². The molecule has 1 aliphatic rings. The Morgan fingerprint density at radius 1 is 1.03 bits per heavy atom. The number of aliphatic carboxylic acids is 2. The highest BCUT2D eigenvalue weighted by atomic mass is 35.5. The lowest BCUT2D eigenvalue weighted by atomic mass is 9.94. The number of nitrogen functional groups attached to an aromatic ring is 1. The summed E-state index contributed by atoms with van der Waals surface area (Å²) in [5, 5.41) is 16.4. The minimum absolute atomic E-state index is 0.0486. The van der Waals surface area contributed by atoms with E-state index in [1.807, 2.05) is 0 Å². The van der Waals surface area contributed by atoms with Gasteiger partial charge in [0, 0.05) is 21.8 Å². The van der Waals surface area contributed by atoms with Crippen LogP contribution in [0, 0.1) is 0 Å². The molecular formula is C21H14ClF6NO7. The number of ether oxygens (including phenoxy) is 2. The predicted octanol–water partition coefficient (Wildman–Crippen LogP) is 4.80. The maximum atomic E-state index is 13.4. The Kier molecular flexibility index (Phi) is 8.14. The summed E-state index contributed by atoms with van der Waals surface area (Å²) >= 11 is 6.08. The lowest BCUT2D eigenvalue weighted by Crippen LogP contribution is -2.40. The van der Waals surface area contributed by atoms with E-state index in [0.29, 0.717) is 0 Å². The molecule has 2 aromatic rings. The van der Waals surface area contributed by atoms with E-state index in [4.69, 9.17) is 37.1 Å². The fourth-order valence-corrected chi connectivity index (χ4v) is 3.18. The topological polar surface area (TPSA) is 136 Å². The van der Waals surface area contributed by atoms with Crippen LogP contribution in [-0.4, -0.2) is 53.7 Å². The SMILES string of the molecule is COC(=O)c1cc(N)cc(-c2cc(Cl)cc3c2OC(C(F)(F)F)C(C(=O)O)=C3)c1.O=C(O)C(F)(F)F. The van der Waals surface area contributed by atoms with Crippen LogP contribution in [0.1, 0.15) is 15.9 Å². The van der Waals surface area contributed by atoms with Gasteiger partial charge in [0.15, 0.2) is 0 Å². The van der Waals surface area contributed by atoms with Crippen molar-refractivity contribution in [2.24, 2.45) is 0 Å².